The third-order valence-electron chi connectivity index (χ3n) is 2.91. The van der Waals surface area contributed by atoms with Gasteiger partial charge in [-0.2, -0.15) is 0 Å². The summed E-state index contributed by atoms with van der Waals surface area (Å²) in [6.07, 6.45) is -0.0136. The van der Waals surface area contributed by atoms with Crippen molar-refractivity contribution in [2.75, 3.05) is 25.0 Å². The molecule has 110 valence electrons. The van der Waals surface area contributed by atoms with E-state index in [1.54, 1.807) is 24.0 Å². The van der Waals surface area contributed by atoms with Gasteiger partial charge in [0.15, 0.2) is 0 Å². The number of carbonyl (C=O) groups excluding carboxylic acids is 1. The van der Waals surface area contributed by atoms with Gasteiger partial charge in [-0.1, -0.05) is 13.0 Å². The lowest BCUT2D eigenvalue weighted by atomic mass is 10.2. The van der Waals surface area contributed by atoms with Gasteiger partial charge in [-0.05, 0) is 31.2 Å². The van der Waals surface area contributed by atoms with E-state index in [4.69, 9.17) is 5.11 Å². The van der Waals surface area contributed by atoms with E-state index in [9.17, 15) is 14.0 Å². The highest BCUT2D eigenvalue weighted by atomic mass is 19.1. The van der Waals surface area contributed by atoms with Gasteiger partial charge in [0, 0.05) is 12.2 Å². The van der Waals surface area contributed by atoms with Crippen LogP contribution in [0.4, 0.5) is 10.1 Å². The highest BCUT2D eigenvalue weighted by Gasteiger charge is 2.11. The fourth-order valence-electron chi connectivity index (χ4n) is 1.68. The number of anilines is 1. The summed E-state index contributed by atoms with van der Waals surface area (Å²) in [5.41, 5.74) is 0.909. The minimum atomic E-state index is -0.899. The number of benzene rings is 1. The number of aryl methyl sites for hydroxylation is 1. The molecule has 0 aliphatic heterocycles. The maximum absolute atomic E-state index is 13.3. The zero-order chi connectivity index (χ0) is 15.1. The quantitative estimate of drug-likeness (QED) is 0.801. The number of carbonyl (C=O) groups is 2. The predicted molar refractivity (Wildman–Crippen MR) is 74.1 cm³/mol. The molecule has 1 aromatic rings. The normalized spacial score (nSPS) is 10.6. The monoisotopic (exact) mass is 282 g/mol. The van der Waals surface area contributed by atoms with Crippen molar-refractivity contribution in [3.8, 4) is 0 Å². The van der Waals surface area contributed by atoms with Crippen LogP contribution in [0, 0.1) is 12.7 Å². The Morgan fingerprint density at radius 3 is 2.65 bits per heavy atom. The van der Waals surface area contributed by atoms with Crippen LogP contribution in [0.15, 0.2) is 18.2 Å². The molecule has 0 bridgehead atoms. The highest BCUT2D eigenvalue weighted by Crippen LogP contribution is 2.13. The standard InChI is InChI=1S/C14H19FN2O3/c1-3-17(7-6-14(19)20)9-13(18)16-11-5-4-10(2)12(15)8-11/h4-5,8H,3,6-7,9H2,1-2H3,(H,16,18)(H,19,20). The van der Waals surface area contributed by atoms with E-state index in [1.165, 1.54) is 6.07 Å². The van der Waals surface area contributed by atoms with Gasteiger partial charge >= 0.3 is 5.97 Å². The van der Waals surface area contributed by atoms with Crippen molar-refractivity contribution in [1.29, 1.82) is 0 Å². The van der Waals surface area contributed by atoms with E-state index in [0.717, 1.165) is 0 Å². The molecule has 0 saturated carbocycles. The molecule has 0 aliphatic carbocycles. The van der Waals surface area contributed by atoms with Crippen molar-refractivity contribution in [3.05, 3.63) is 29.6 Å². The van der Waals surface area contributed by atoms with E-state index in [-0.39, 0.29) is 24.7 Å². The number of nitrogens with one attached hydrogen (secondary N) is 1. The molecule has 0 saturated heterocycles. The van der Waals surface area contributed by atoms with Crippen molar-refractivity contribution < 1.29 is 19.1 Å². The molecule has 2 N–H and O–H groups in total. The van der Waals surface area contributed by atoms with Crippen LogP contribution in [0.2, 0.25) is 0 Å². The molecule has 0 aliphatic rings. The molecule has 20 heavy (non-hydrogen) atoms. The van der Waals surface area contributed by atoms with E-state index in [2.05, 4.69) is 5.32 Å². The Bertz CT molecular complexity index is 491. The number of halogens is 1. The van der Waals surface area contributed by atoms with Gasteiger partial charge in [-0.15, -0.1) is 0 Å². The number of amides is 1. The van der Waals surface area contributed by atoms with Gasteiger partial charge in [-0.25, -0.2) is 4.39 Å². The second kappa shape index (κ2) is 7.59. The number of aliphatic carboxylic acids is 1. The fourth-order valence-corrected chi connectivity index (χ4v) is 1.68. The summed E-state index contributed by atoms with van der Waals surface area (Å²) < 4.78 is 13.3. The van der Waals surface area contributed by atoms with Crippen molar-refractivity contribution in [2.45, 2.75) is 20.3 Å². The summed E-state index contributed by atoms with van der Waals surface area (Å²) in [6, 6.07) is 4.48. The van der Waals surface area contributed by atoms with Crippen molar-refractivity contribution in [2.24, 2.45) is 0 Å². The first kappa shape index (κ1) is 16.1. The number of rotatable bonds is 7. The Kier molecular flexibility index (Phi) is 6.11. The Morgan fingerprint density at radius 1 is 1.40 bits per heavy atom. The lowest BCUT2D eigenvalue weighted by Crippen LogP contribution is -2.34. The molecule has 1 aromatic carbocycles. The Hall–Kier alpha value is -1.95. The summed E-state index contributed by atoms with van der Waals surface area (Å²) in [4.78, 5) is 24.0. The maximum atomic E-state index is 13.3. The van der Waals surface area contributed by atoms with Gasteiger partial charge in [0.05, 0.1) is 13.0 Å². The van der Waals surface area contributed by atoms with Crippen molar-refractivity contribution in [3.63, 3.8) is 0 Å². The van der Waals surface area contributed by atoms with Crippen LogP contribution in [0.25, 0.3) is 0 Å². The molecule has 0 heterocycles. The Balaban J connectivity index is 2.52. The molecule has 0 atom stereocenters. The summed E-state index contributed by atoms with van der Waals surface area (Å²) in [5.74, 6) is -1.56. The van der Waals surface area contributed by atoms with Crippen LogP contribution in [-0.2, 0) is 9.59 Å². The molecular formula is C14H19FN2O3. The lowest BCUT2D eigenvalue weighted by Gasteiger charge is -2.18. The second-order valence-electron chi connectivity index (χ2n) is 4.52. The van der Waals surface area contributed by atoms with Gasteiger partial charge < -0.3 is 10.4 Å². The van der Waals surface area contributed by atoms with Crippen molar-refractivity contribution in [1.82, 2.24) is 4.90 Å². The van der Waals surface area contributed by atoms with Gasteiger partial charge in [0.25, 0.3) is 0 Å². The SMILES string of the molecule is CCN(CCC(=O)O)CC(=O)Nc1ccc(C)c(F)c1. The number of hydrogen-bond donors (Lipinski definition) is 2. The maximum Gasteiger partial charge on any atom is 0.304 e. The molecule has 0 aromatic heterocycles. The Morgan fingerprint density at radius 2 is 2.10 bits per heavy atom. The molecule has 0 fully saturated rings. The van der Waals surface area contributed by atoms with E-state index in [1.807, 2.05) is 6.92 Å². The first-order valence-electron chi connectivity index (χ1n) is 6.42. The third-order valence-corrected chi connectivity index (χ3v) is 2.91. The van der Waals surface area contributed by atoms with Crippen LogP contribution < -0.4 is 5.32 Å². The van der Waals surface area contributed by atoms with Gasteiger partial charge in [-0.3, -0.25) is 14.5 Å². The van der Waals surface area contributed by atoms with E-state index >= 15 is 0 Å². The van der Waals surface area contributed by atoms with Crippen molar-refractivity contribution >= 4 is 17.6 Å². The first-order chi connectivity index (χ1) is 9.42. The summed E-state index contributed by atoms with van der Waals surface area (Å²) in [5, 5.41) is 11.2. The zero-order valence-electron chi connectivity index (χ0n) is 11.6. The number of nitrogens with zero attached hydrogens (tertiary/aromatic N) is 1. The summed E-state index contributed by atoms with van der Waals surface area (Å²) >= 11 is 0. The average Bonchev–Trinajstić information content (AvgIpc) is 2.38. The molecule has 1 amide bonds. The smallest absolute Gasteiger partial charge is 0.304 e. The number of likely N-dealkylation sites (N-methyl/N-ethyl adjacent to an activating group) is 1. The molecular weight excluding hydrogens is 263 g/mol. The largest absolute Gasteiger partial charge is 0.481 e. The number of carboxylic acid groups (broad SMARTS) is 1. The predicted octanol–water partition coefficient (Wildman–Crippen LogP) is 1.87. The molecule has 5 nitrogen and oxygen atoms in total. The summed E-state index contributed by atoms with van der Waals surface area (Å²) in [7, 11) is 0. The topological polar surface area (TPSA) is 69.6 Å². The van der Waals surface area contributed by atoms with Crippen LogP contribution >= 0.6 is 0 Å². The second-order valence-corrected chi connectivity index (χ2v) is 4.52. The van der Waals surface area contributed by atoms with Crippen LogP contribution in [-0.4, -0.2) is 41.5 Å². The summed E-state index contributed by atoms with van der Waals surface area (Å²) in [6.45, 7) is 4.45. The molecule has 0 unspecified atom stereocenters. The molecule has 0 spiro atoms. The highest BCUT2D eigenvalue weighted by molar-refractivity contribution is 5.92. The number of carboxylic acids is 1. The molecule has 1 rings (SSSR count). The van der Waals surface area contributed by atoms with Gasteiger partial charge in [0.1, 0.15) is 5.82 Å². The van der Waals surface area contributed by atoms with E-state index in [0.29, 0.717) is 24.3 Å². The van der Waals surface area contributed by atoms with Gasteiger partial charge in [0.2, 0.25) is 5.91 Å². The Labute approximate surface area is 117 Å². The third kappa shape index (κ3) is 5.36. The average molecular weight is 282 g/mol. The molecule has 0 radical (unpaired) electrons. The first-order valence-corrected chi connectivity index (χ1v) is 6.42. The fraction of sp³-hybridized carbons (Fsp3) is 0.429. The van der Waals surface area contributed by atoms with Crippen LogP contribution in [0.3, 0.4) is 0 Å². The minimum absolute atomic E-state index is 0.0136. The molecule has 6 heteroatoms. The van der Waals surface area contributed by atoms with Crippen LogP contribution in [0.5, 0.6) is 0 Å². The van der Waals surface area contributed by atoms with Crippen LogP contribution in [0.1, 0.15) is 18.9 Å². The minimum Gasteiger partial charge on any atom is -0.481 e. The lowest BCUT2D eigenvalue weighted by molar-refractivity contribution is -0.137. The zero-order valence-corrected chi connectivity index (χ0v) is 11.6. The van der Waals surface area contributed by atoms with E-state index < -0.39 is 5.97 Å². The number of hydrogen-bond acceptors (Lipinski definition) is 3.